The average molecular weight is 210 g/mol. The van der Waals surface area contributed by atoms with Gasteiger partial charge in [-0.1, -0.05) is 24.3 Å². The monoisotopic (exact) mass is 210 g/mol. The van der Waals surface area contributed by atoms with Crippen molar-refractivity contribution < 1.29 is 0 Å². The number of aromatic nitrogens is 1. The number of nitrogens with zero attached hydrogens (tertiary/aromatic N) is 1. The number of fused-ring (bicyclic) bond motifs is 1. The summed E-state index contributed by atoms with van der Waals surface area (Å²) >= 11 is 1.64. The van der Waals surface area contributed by atoms with Crippen LogP contribution < -0.4 is 0 Å². The smallest absolute Gasteiger partial charge is 0.0723 e. The summed E-state index contributed by atoms with van der Waals surface area (Å²) in [6, 6.07) is 14.3. The van der Waals surface area contributed by atoms with Crippen LogP contribution in [0.25, 0.3) is 21.3 Å². The SMILES string of the molecule is [c]1sc2ccccc2c1-c1ccccn1. The van der Waals surface area contributed by atoms with Crippen LogP contribution in [0.5, 0.6) is 0 Å². The highest BCUT2D eigenvalue weighted by Crippen LogP contribution is 2.31. The van der Waals surface area contributed by atoms with E-state index in [0.717, 1.165) is 11.3 Å². The summed E-state index contributed by atoms with van der Waals surface area (Å²) in [5.41, 5.74) is 2.10. The summed E-state index contributed by atoms with van der Waals surface area (Å²) in [5.74, 6) is 0. The van der Waals surface area contributed by atoms with Crippen molar-refractivity contribution >= 4 is 21.4 Å². The standard InChI is InChI=1S/C13H8NS/c1-2-7-13-10(5-1)11(9-15-13)12-6-3-4-8-14-12/h1-8H. The largest absolute Gasteiger partial charge is 0.256 e. The van der Waals surface area contributed by atoms with Crippen molar-refractivity contribution in [3.63, 3.8) is 0 Å². The predicted octanol–water partition coefficient (Wildman–Crippen LogP) is 3.76. The molecule has 71 valence electrons. The van der Waals surface area contributed by atoms with E-state index in [-0.39, 0.29) is 0 Å². The fourth-order valence-electron chi connectivity index (χ4n) is 1.62. The first-order chi connectivity index (χ1) is 7.45. The van der Waals surface area contributed by atoms with E-state index in [1.54, 1.807) is 11.3 Å². The molecule has 0 fully saturated rings. The molecule has 0 N–H and O–H groups in total. The lowest BCUT2D eigenvalue weighted by Crippen LogP contribution is -1.79. The molecule has 0 saturated carbocycles. The molecule has 2 aromatic heterocycles. The summed E-state index contributed by atoms with van der Waals surface area (Å²) < 4.78 is 1.26. The lowest BCUT2D eigenvalue weighted by molar-refractivity contribution is 1.34. The summed E-state index contributed by atoms with van der Waals surface area (Å²) in [7, 11) is 0. The third kappa shape index (κ3) is 1.43. The molecule has 15 heavy (non-hydrogen) atoms. The minimum Gasteiger partial charge on any atom is -0.256 e. The Hall–Kier alpha value is -1.67. The van der Waals surface area contributed by atoms with Gasteiger partial charge in [0.1, 0.15) is 0 Å². The van der Waals surface area contributed by atoms with Crippen molar-refractivity contribution in [3.05, 3.63) is 54.0 Å². The number of benzene rings is 1. The molecule has 0 amide bonds. The second-order valence-corrected chi connectivity index (χ2v) is 4.14. The highest BCUT2D eigenvalue weighted by Gasteiger charge is 2.06. The normalized spacial score (nSPS) is 10.7. The van der Waals surface area contributed by atoms with E-state index in [4.69, 9.17) is 0 Å². The second-order valence-electron chi connectivity index (χ2n) is 3.29. The molecule has 0 atom stereocenters. The molecule has 2 heterocycles. The summed E-state index contributed by atoms with van der Waals surface area (Å²) in [5, 5.41) is 4.55. The van der Waals surface area contributed by atoms with Crippen molar-refractivity contribution in [2.24, 2.45) is 0 Å². The van der Waals surface area contributed by atoms with Gasteiger partial charge in [-0.25, -0.2) is 0 Å². The van der Waals surface area contributed by atoms with Gasteiger partial charge in [0.15, 0.2) is 0 Å². The van der Waals surface area contributed by atoms with Crippen molar-refractivity contribution in [2.45, 2.75) is 0 Å². The molecule has 1 radical (unpaired) electrons. The van der Waals surface area contributed by atoms with Crippen LogP contribution in [0.1, 0.15) is 0 Å². The maximum atomic E-state index is 4.35. The van der Waals surface area contributed by atoms with Crippen LogP contribution in [0, 0.1) is 5.38 Å². The molecule has 0 bridgehead atoms. The molecule has 0 aliphatic carbocycles. The molecular weight excluding hydrogens is 202 g/mol. The van der Waals surface area contributed by atoms with Gasteiger partial charge in [0.2, 0.25) is 0 Å². The lowest BCUT2D eigenvalue weighted by atomic mass is 10.1. The van der Waals surface area contributed by atoms with Crippen molar-refractivity contribution in [1.29, 1.82) is 0 Å². The number of hydrogen-bond acceptors (Lipinski definition) is 2. The van der Waals surface area contributed by atoms with Gasteiger partial charge >= 0.3 is 0 Å². The van der Waals surface area contributed by atoms with Gasteiger partial charge in [-0.05, 0) is 18.2 Å². The minimum absolute atomic E-state index is 0.995. The van der Waals surface area contributed by atoms with Gasteiger partial charge in [-0.3, -0.25) is 4.98 Å². The Labute approximate surface area is 92.0 Å². The Kier molecular flexibility index (Phi) is 2.00. The predicted molar refractivity (Wildman–Crippen MR) is 63.9 cm³/mol. The summed E-state index contributed by atoms with van der Waals surface area (Å²) in [4.78, 5) is 4.35. The molecule has 0 saturated heterocycles. The van der Waals surface area contributed by atoms with Crippen LogP contribution in [-0.2, 0) is 0 Å². The first-order valence-corrected chi connectivity index (χ1v) is 5.57. The Morgan fingerprint density at radius 2 is 1.87 bits per heavy atom. The third-order valence-corrected chi connectivity index (χ3v) is 3.22. The zero-order chi connectivity index (χ0) is 10.1. The average Bonchev–Trinajstić information content (AvgIpc) is 2.74. The van der Waals surface area contributed by atoms with E-state index in [1.807, 2.05) is 24.4 Å². The Balaban J connectivity index is 2.28. The molecule has 1 aromatic carbocycles. The lowest BCUT2D eigenvalue weighted by Gasteiger charge is -1.96. The number of rotatable bonds is 1. The Morgan fingerprint density at radius 1 is 1.00 bits per heavy atom. The summed E-state index contributed by atoms with van der Waals surface area (Å²) in [6.07, 6.45) is 1.82. The maximum absolute atomic E-state index is 4.35. The van der Waals surface area contributed by atoms with E-state index in [0.29, 0.717) is 0 Å². The molecule has 3 rings (SSSR count). The third-order valence-electron chi connectivity index (χ3n) is 2.34. The van der Waals surface area contributed by atoms with Crippen LogP contribution in [0.15, 0.2) is 48.7 Å². The number of thiophene rings is 1. The van der Waals surface area contributed by atoms with Crippen molar-refractivity contribution in [2.75, 3.05) is 0 Å². The van der Waals surface area contributed by atoms with Crippen LogP contribution in [0.4, 0.5) is 0 Å². The molecule has 0 aliphatic rings. The van der Waals surface area contributed by atoms with Crippen LogP contribution in [0.2, 0.25) is 0 Å². The molecule has 1 nitrogen and oxygen atoms in total. The van der Waals surface area contributed by atoms with Gasteiger partial charge in [0, 0.05) is 21.8 Å². The van der Waals surface area contributed by atoms with E-state index >= 15 is 0 Å². The van der Waals surface area contributed by atoms with Crippen LogP contribution in [-0.4, -0.2) is 4.98 Å². The van der Waals surface area contributed by atoms with Gasteiger partial charge in [0.25, 0.3) is 0 Å². The number of hydrogen-bond donors (Lipinski definition) is 0. The van der Waals surface area contributed by atoms with Gasteiger partial charge < -0.3 is 0 Å². The minimum atomic E-state index is 0.995. The van der Waals surface area contributed by atoms with E-state index in [2.05, 4.69) is 34.6 Å². The van der Waals surface area contributed by atoms with Gasteiger partial charge in [-0.2, -0.15) is 0 Å². The second kappa shape index (κ2) is 3.48. The number of pyridine rings is 1. The molecule has 3 aromatic rings. The first kappa shape index (κ1) is 8.62. The first-order valence-electron chi connectivity index (χ1n) is 4.76. The summed E-state index contributed by atoms with van der Waals surface area (Å²) in [6.45, 7) is 0. The zero-order valence-corrected chi connectivity index (χ0v) is 8.79. The van der Waals surface area contributed by atoms with Gasteiger partial charge in [0.05, 0.1) is 11.1 Å². The molecule has 0 spiro atoms. The van der Waals surface area contributed by atoms with Crippen molar-refractivity contribution in [3.8, 4) is 11.3 Å². The topological polar surface area (TPSA) is 12.9 Å². The van der Waals surface area contributed by atoms with E-state index in [1.165, 1.54) is 10.1 Å². The molecule has 0 aliphatic heterocycles. The molecule has 2 heteroatoms. The molecular formula is C13H8NS. The van der Waals surface area contributed by atoms with E-state index in [9.17, 15) is 0 Å². The quantitative estimate of drug-likeness (QED) is 0.596. The Morgan fingerprint density at radius 3 is 2.73 bits per heavy atom. The fraction of sp³-hybridized carbons (Fsp3) is 0. The molecule has 0 unspecified atom stereocenters. The van der Waals surface area contributed by atoms with Crippen molar-refractivity contribution in [1.82, 2.24) is 4.98 Å². The maximum Gasteiger partial charge on any atom is 0.0723 e. The zero-order valence-electron chi connectivity index (χ0n) is 7.97. The van der Waals surface area contributed by atoms with Crippen LogP contribution >= 0.6 is 11.3 Å². The Bertz CT molecular complexity index is 584. The fourth-order valence-corrected chi connectivity index (χ4v) is 2.48. The van der Waals surface area contributed by atoms with E-state index < -0.39 is 0 Å². The van der Waals surface area contributed by atoms with Gasteiger partial charge in [-0.15, -0.1) is 11.3 Å². The van der Waals surface area contributed by atoms with Crippen LogP contribution in [0.3, 0.4) is 0 Å². The highest BCUT2D eigenvalue weighted by atomic mass is 32.1. The highest BCUT2D eigenvalue weighted by molar-refractivity contribution is 7.17.